The number of carbonyl (C=O) groups excluding carboxylic acids is 1. The van der Waals surface area contributed by atoms with E-state index in [4.69, 9.17) is 14.7 Å². The predicted molar refractivity (Wildman–Crippen MR) is 76.1 cm³/mol. The summed E-state index contributed by atoms with van der Waals surface area (Å²) in [6.07, 6.45) is -0.657. The van der Waals surface area contributed by atoms with E-state index in [1.54, 1.807) is 33.2 Å². The summed E-state index contributed by atoms with van der Waals surface area (Å²) < 4.78 is 37.4. The summed E-state index contributed by atoms with van der Waals surface area (Å²) in [5.74, 6) is -2.62. The van der Waals surface area contributed by atoms with Crippen LogP contribution in [-0.4, -0.2) is 29.6 Å². The van der Waals surface area contributed by atoms with Gasteiger partial charge in [-0.05, 0) is 39.8 Å². The molecule has 0 spiro atoms. The molecule has 0 aromatic heterocycles. The van der Waals surface area contributed by atoms with Crippen molar-refractivity contribution in [2.45, 2.75) is 39.3 Å². The number of rotatable bonds is 5. The van der Waals surface area contributed by atoms with Gasteiger partial charge in [-0.1, -0.05) is 0 Å². The van der Waals surface area contributed by atoms with Crippen LogP contribution in [0.1, 0.15) is 27.7 Å². The Labute approximate surface area is 127 Å². The first kappa shape index (κ1) is 18.0. The second kappa shape index (κ2) is 7.26. The quantitative estimate of drug-likeness (QED) is 0.727. The maximum atomic E-state index is 13.8. The number of alkyl carbamates (subject to hydrolysis) is 1. The highest BCUT2D eigenvalue weighted by atomic mass is 19.1. The van der Waals surface area contributed by atoms with Crippen molar-refractivity contribution >= 4 is 11.8 Å². The molecule has 1 atom stereocenters. The Morgan fingerprint density at radius 2 is 2.00 bits per heavy atom. The monoisotopic (exact) mass is 318 g/mol. The first-order chi connectivity index (χ1) is 10.1. The summed E-state index contributed by atoms with van der Waals surface area (Å²) in [6.45, 7) is 6.56. The Morgan fingerprint density at radius 1 is 1.36 bits per heavy atom. The first-order valence-electron chi connectivity index (χ1n) is 6.64. The van der Waals surface area contributed by atoms with Gasteiger partial charge in [0.15, 0.2) is 17.4 Å². The molecule has 0 saturated heterocycles. The molecule has 1 aromatic rings. The molecule has 1 rings (SSSR count). The molecule has 6 nitrogen and oxygen atoms in total. The molecule has 8 heteroatoms. The third-order valence-corrected chi connectivity index (χ3v) is 2.41. The van der Waals surface area contributed by atoms with Crippen molar-refractivity contribution in [3.05, 3.63) is 23.8 Å². The lowest BCUT2D eigenvalue weighted by molar-refractivity contribution is 0.0493. The van der Waals surface area contributed by atoms with Crippen molar-refractivity contribution in [3.8, 4) is 5.75 Å². The van der Waals surface area contributed by atoms with Gasteiger partial charge in [0.1, 0.15) is 12.2 Å². The zero-order valence-electron chi connectivity index (χ0n) is 12.9. The highest BCUT2D eigenvalue weighted by Gasteiger charge is 2.19. The first-order valence-corrected chi connectivity index (χ1v) is 6.64. The summed E-state index contributed by atoms with van der Waals surface area (Å²) in [5.41, 5.74) is 0.633. The van der Waals surface area contributed by atoms with Crippen molar-refractivity contribution in [2.24, 2.45) is 0 Å². The Hall–Kier alpha value is -2.09. The lowest BCUT2D eigenvalue weighted by Gasteiger charge is -2.22. The molecule has 0 radical (unpaired) electrons. The van der Waals surface area contributed by atoms with Crippen molar-refractivity contribution in [1.29, 1.82) is 0 Å². The van der Waals surface area contributed by atoms with Gasteiger partial charge < -0.3 is 14.8 Å². The van der Waals surface area contributed by atoms with E-state index in [0.717, 1.165) is 12.1 Å². The molecule has 1 amide bonds. The third-order valence-electron chi connectivity index (χ3n) is 2.41. The molecule has 0 unspecified atom stereocenters. The van der Waals surface area contributed by atoms with Gasteiger partial charge in [-0.3, -0.25) is 10.7 Å². The number of hydrogen-bond donors (Lipinski definition) is 3. The minimum absolute atomic E-state index is 0.179. The summed E-state index contributed by atoms with van der Waals surface area (Å²) in [4.78, 5) is 11.5. The number of amides is 1. The van der Waals surface area contributed by atoms with Crippen molar-refractivity contribution < 1.29 is 28.3 Å². The zero-order chi connectivity index (χ0) is 16.9. The Kier molecular flexibility index (Phi) is 5.92. The number of benzene rings is 1. The average molecular weight is 318 g/mol. The molecule has 0 fully saturated rings. The van der Waals surface area contributed by atoms with E-state index in [1.807, 2.05) is 0 Å². The molecule has 22 heavy (non-hydrogen) atoms. The topological polar surface area (TPSA) is 79.8 Å². The van der Waals surface area contributed by atoms with E-state index in [9.17, 15) is 13.6 Å². The van der Waals surface area contributed by atoms with Gasteiger partial charge in [0, 0.05) is 0 Å². The van der Waals surface area contributed by atoms with Crippen LogP contribution in [-0.2, 0) is 4.74 Å². The largest absolute Gasteiger partial charge is 0.485 e. The van der Waals surface area contributed by atoms with E-state index < -0.39 is 35.1 Å². The molecule has 0 aliphatic rings. The van der Waals surface area contributed by atoms with Crippen LogP contribution in [0.15, 0.2) is 12.1 Å². The smallest absolute Gasteiger partial charge is 0.407 e. The van der Waals surface area contributed by atoms with Gasteiger partial charge in [0.25, 0.3) is 0 Å². The fraction of sp³-hybridized carbons (Fsp3) is 0.500. The molecule has 0 heterocycles. The van der Waals surface area contributed by atoms with Crippen LogP contribution in [0.2, 0.25) is 0 Å². The number of nitrogens with one attached hydrogen (secondary N) is 2. The fourth-order valence-electron chi connectivity index (χ4n) is 1.51. The number of carbonyl (C=O) groups is 1. The number of hydrogen-bond acceptors (Lipinski definition) is 5. The van der Waals surface area contributed by atoms with Crippen molar-refractivity contribution in [3.63, 3.8) is 0 Å². The summed E-state index contributed by atoms with van der Waals surface area (Å²) in [5, 5.41) is 11.2. The number of halogens is 2. The molecule has 1 aromatic carbocycles. The molecule has 0 aliphatic heterocycles. The second-order valence-corrected chi connectivity index (χ2v) is 5.71. The summed E-state index contributed by atoms with van der Waals surface area (Å²) in [7, 11) is 0. The highest BCUT2D eigenvalue weighted by molar-refractivity contribution is 5.68. The van der Waals surface area contributed by atoms with Gasteiger partial charge in [-0.2, -0.15) is 0 Å². The highest BCUT2D eigenvalue weighted by Crippen LogP contribution is 2.27. The van der Waals surface area contributed by atoms with Crippen LogP contribution >= 0.6 is 0 Å². The minimum Gasteiger partial charge on any atom is -0.485 e. The molecule has 0 bridgehead atoms. The fourth-order valence-corrected chi connectivity index (χ4v) is 1.51. The third kappa shape index (κ3) is 5.36. The average Bonchev–Trinajstić information content (AvgIpc) is 2.36. The Bertz CT molecular complexity index is 532. The van der Waals surface area contributed by atoms with E-state index in [1.165, 1.54) is 0 Å². The lowest BCUT2D eigenvalue weighted by Crippen LogP contribution is -2.40. The summed E-state index contributed by atoms with van der Waals surface area (Å²) in [6, 6.07) is 1.43. The van der Waals surface area contributed by atoms with Crippen LogP contribution in [0.3, 0.4) is 0 Å². The number of ether oxygens (including phenoxy) is 2. The van der Waals surface area contributed by atoms with E-state index in [2.05, 4.69) is 5.32 Å². The SMILES string of the molecule is C[C@@H](COc1c(F)ccc(NO)c1F)NC(=O)OC(C)(C)C. The lowest BCUT2D eigenvalue weighted by atomic mass is 10.2. The maximum Gasteiger partial charge on any atom is 0.407 e. The van der Waals surface area contributed by atoms with Crippen LogP contribution in [0.4, 0.5) is 19.3 Å². The molecular formula is C14H20F2N2O4. The number of anilines is 1. The zero-order valence-corrected chi connectivity index (χ0v) is 12.9. The molecule has 0 aliphatic carbocycles. The minimum atomic E-state index is -1.06. The van der Waals surface area contributed by atoms with Gasteiger partial charge in [0.2, 0.25) is 0 Å². The molecule has 124 valence electrons. The van der Waals surface area contributed by atoms with Crippen LogP contribution in [0, 0.1) is 11.6 Å². The van der Waals surface area contributed by atoms with Crippen LogP contribution in [0.25, 0.3) is 0 Å². The Morgan fingerprint density at radius 3 is 2.55 bits per heavy atom. The van der Waals surface area contributed by atoms with E-state index in [-0.39, 0.29) is 12.3 Å². The van der Waals surface area contributed by atoms with Gasteiger partial charge in [-0.15, -0.1) is 0 Å². The summed E-state index contributed by atoms with van der Waals surface area (Å²) >= 11 is 0. The maximum absolute atomic E-state index is 13.8. The molecular weight excluding hydrogens is 298 g/mol. The molecule has 0 saturated carbocycles. The normalized spacial score (nSPS) is 12.5. The van der Waals surface area contributed by atoms with Gasteiger partial charge in [0.05, 0.1) is 11.7 Å². The van der Waals surface area contributed by atoms with Crippen molar-refractivity contribution in [2.75, 3.05) is 12.1 Å². The van der Waals surface area contributed by atoms with Gasteiger partial charge in [-0.25, -0.2) is 13.6 Å². The second-order valence-electron chi connectivity index (χ2n) is 5.71. The van der Waals surface area contributed by atoms with Crippen LogP contribution < -0.4 is 15.5 Å². The van der Waals surface area contributed by atoms with Gasteiger partial charge >= 0.3 is 6.09 Å². The van der Waals surface area contributed by atoms with E-state index >= 15 is 0 Å². The van der Waals surface area contributed by atoms with Crippen LogP contribution in [0.5, 0.6) is 5.75 Å². The standard InChI is InChI=1S/C14H20F2N2O4/c1-8(17-13(19)22-14(2,3)4)7-21-12-9(15)5-6-10(18-20)11(12)16/h5-6,8,18,20H,7H2,1-4H3,(H,17,19)/t8-/m0/s1. The van der Waals surface area contributed by atoms with Crippen molar-refractivity contribution in [1.82, 2.24) is 5.32 Å². The Balaban J connectivity index is 2.61. The van der Waals surface area contributed by atoms with E-state index in [0.29, 0.717) is 0 Å². The molecule has 3 N–H and O–H groups in total. The predicted octanol–water partition coefficient (Wildman–Crippen LogP) is 3.06.